The summed E-state index contributed by atoms with van der Waals surface area (Å²) in [5.41, 5.74) is 1.21. The van der Waals surface area contributed by atoms with Crippen molar-refractivity contribution in [2.75, 3.05) is 19.8 Å². The van der Waals surface area contributed by atoms with Crippen LogP contribution >= 0.6 is 0 Å². The Morgan fingerprint density at radius 3 is 2.94 bits per heavy atom. The van der Waals surface area contributed by atoms with Crippen LogP contribution in [0.1, 0.15) is 31.9 Å². The number of fused-ring (bicyclic) bond motifs is 1. The van der Waals surface area contributed by atoms with Crippen LogP contribution in [0.3, 0.4) is 0 Å². The molecule has 0 saturated carbocycles. The van der Waals surface area contributed by atoms with Gasteiger partial charge in [0.25, 0.3) is 0 Å². The van der Waals surface area contributed by atoms with E-state index in [2.05, 4.69) is 24.4 Å². The Morgan fingerprint density at radius 2 is 2.18 bits per heavy atom. The first-order chi connectivity index (χ1) is 8.36. The summed E-state index contributed by atoms with van der Waals surface area (Å²) in [6.45, 7) is 6.56. The number of hydrogen-bond donors (Lipinski definition) is 1. The number of benzene rings is 1. The normalized spacial score (nSPS) is 22.9. The first kappa shape index (κ1) is 12.4. The SMILES string of the molecule is CCCNC1c2ccccc2OCC1OCC. The Labute approximate surface area is 103 Å². The third-order valence-corrected chi connectivity index (χ3v) is 3.02. The highest BCUT2D eigenvalue weighted by molar-refractivity contribution is 5.38. The number of rotatable bonds is 5. The predicted molar refractivity (Wildman–Crippen MR) is 68.4 cm³/mol. The molecule has 1 aromatic carbocycles. The van der Waals surface area contributed by atoms with E-state index in [1.165, 1.54) is 5.56 Å². The molecule has 3 nitrogen and oxygen atoms in total. The zero-order valence-electron chi connectivity index (χ0n) is 10.6. The second kappa shape index (κ2) is 6.03. The number of para-hydroxylation sites is 1. The molecule has 0 aliphatic carbocycles. The van der Waals surface area contributed by atoms with Crippen molar-refractivity contribution in [2.24, 2.45) is 0 Å². The van der Waals surface area contributed by atoms with Crippen molar-refractivity contribution in [1.82, 2.24) is 5.32 Å². The lowest BCUT2D eigenvalue weighted by molar-refractivity contribution is -0.00934. The number of hydrogen-bond acceptors (Lipinski definition) is 3. The van der Waals surface area contributed by atoms with Crippen molar-refractivity contribution in [3.8, 4) is 5.75 Å². The standard InChI is InChI=1S/C14H21NO2/c1-3-9-15-14-11-7-5-6-8-12(11)17-10-13(14)16-4-2/h5-8,13-15H,3-4,9-10H2,1-2H3. The van der Waals surface area contributed by atoms with Crippen LogP contribution in [0.4, 0.5) is 0 Å². The van der Waals surface area contributed by atoms with E-state index in [1.54, 1.807) is 0 Å². The topological polar surface area (TPSA) is 30.5 Å². The minimum absolute atomic E-state index is 0.112. The van der Waals surface area contributed by atoms with Gasteiger partial charge in [0.15, 0.2) is 0 Å². The van der Waals surface area contributed by atoms with Crippen molar-refractivity contribution in [1.29, 1.82) is 0 Å². The maximum atomic E-state index is 5.76. The highest BCUT2D eigenvalue weighted by Crippen LogP contribution is 2.33. The molecule has 1 N–H and O–H groups in total. The average Bonchev–Trinajstić information content (AvgIpc) is 2.37. The molecule has 1 heterocycles. The summed E-state index contributed by atoms with van der Waals surface area (Å²) in [5, 5.41) is 3.56. The second-order valence-corrected chi connectivity index (χ2v) is 4.27. The van der Waals surface area contributed by atoms with Crippen LogP contribution in [0.2, 0.25) is 0 Å². The van der Waals surface area contributed by atoms with Gasteiger partial charge in [-0.3, -0.25) is 0 Å². The summed E-state index contributed by atoms with van der Waals surface area (Å²) in [6, 6.07) is 8.46. The van der Waals surface area contributed by atoms with Crippen LogP contribution < -0.4 is 10.1 Å². The van der Waals surface area contributed by atoms with Gasteiger partial charge in [-0.25, -0.2) is 0 Å². The fourth-order valence-corrected chi connectivity index (χ4v) is 2.24. The molecule has 0 radical (unpaired) electrons. The molecule has 2 rings (SSSR count). The zero-order chi connectivity index (χ0) is 12.1. The van der Waals surface area contributed by atoms with Gasteiger partial charge in [-0.15, -0.1) is 0 Å². The van der Waals surface area contributed by atoms with Crippen LogP contribution in [0, 0.1) is 0 Å². The van der Waals surface area contributed by atoms with Crippen LogP contribution in [0.25, 0.3) is 0 Å². The molecule has 0 saturated heterocycles. The fraction of sp³-hybridized carbons (Fsp3) is 0.571. The molecule has 0 bridgehead atoms. The van der Waals surface area contributed by atoms with Crippen molar-refractivity contribution in [3.05, 3.63) is 29.8 Å². The van der Waals surface area contributed by atoms with Crippen molar-refractivity contribution < 1.29 is 9.47 Å². The van der Waals surface area contributed by atoms with Crippen LogP contribution in [0.5, 0.6) is 5.75 Å². The largest absolute Gasteiger partial charge is 0.490 e. The van der Waals surface area contributed by atoms with E-state index in [0.717, 1.165) is 25.3 Å². The van der Waals surface area contributed by atoms with Crippen molar-refractivity contribution in [3.63, 3.8) is 0 Å². The van der Waals surface area contributed by atoms with Gasteiger partial charge in [0, 0.05) is 12.2 Å². The molecule has 17 heavy (non-hydrogen) atoms. The van der Waals surface area contributed by atoms with Gasteiger partial charge >= 0.3 is 0 Å². The Morgan fingerprint density at radius 1 is 1.35 bits per heavy atom. The van der Waals surface area contributed by atoms with Crippen LogP contribution in [-0.2, 0) is 4.74 Å². The van der Waals surface area contributed by atoms with Gasteiger partial charge in [0.1, 0.15) is 18.5 Å². The summed E-state index contributed by atoms with van der Waals surface area (Å²) in [6.07, 6.45) is 1.24. The second-order valence-electron chi connectivity index (χ2n) is 4.27. The average molecular weight is 235 g/mol. The molecule has 2 unspecified atom stereocenters. The quantitative estimate of drug-likeness (QED) is 0.850. The molecule has 1 aliphatic rings. The van der Waals surface area contributed by atoms with Gasteiger partial charge in [-0.2, -0.15) is 0 Å². The van der Waals surface area contributed by atoms with Gasteiger partial charge in [-0.1, -0.05) is 25.1 Å². The van der Waals surface area contributed by atoms with Crippen LogP contribution in [-0.4, -0.2) is 25.9 Å². The summed E-state index contributed by atoms with van der Waals surface area (Å²) >= 11 is 0. The molecule has 1 aromatic rings. The fourth-order valence-electron chi connectivity index (χ4n) is 2.24. The van der Waals surface area contributed by atoms with Gasteiger partial charge in [-0.05, 0) is 26.0 Å². The molecular formula is C14H21NO2. The predicted octanol–water partition coefficient (Wildman–Crippen LogP) is 2.52. The lowest BCUT2D eigenvalue weighted by Gasteiger charge is -2.34. The minimum Gasteiger partial charge on any atom is -0.490 e. The van der Waals surface area contributed by atoms with E-state index in [0.29, 0.717) is 6.61 Å². The summed E-state index contributed by atoms with van der Waals surface area (Å²) in [4.78, 5) is 0. The molecule has 2 atom stereocenters. The number of nitrogens with one attached hydrogen (secondary N) is 1. The molecule has 0 amide bonds. The Kier molecular flexibility index (Phi) is 4.40. The summed E-state index contributed by atoms with van der Waals surface area (Å²) in [7, 11) is 0. The molecule has 94 valence electrons. The van der Waals surface area contributed by atoms with Crippen LogP contribution in [0.15, 0.2) is 24.3 Å². The monoisotopic (exact) mass is 235 g/mol. The van der Waals surface area contributed by atoms with E-state index in [-0.39, 0.29) is 12.1 Å². The molecule has 0 aromatic heterocycles. The van der Waals surface area contributed by atoms with Gasteiger partial charge in [0.2, 0.25) is 0 Å². The maximum Gasteiger partial charge on any atom is 0.124 e. The third kappa shape index (κ3) is 2.79. The minimum atomic E-state index is 0.112. The lowest BCUT2D eigenvalue weighted by atomic mass is 9.98. The molecule has 0 fully saturated rings. The Balaban J connectivity index is 2.19. The molecule has 0 spiro atoms. The highest BCUT2D eigenvalue weighted by Gasteiger charge is 2.30. The molecule has 1 aliphatic heterocycles. The van der Waals surface area contributed by atoms with E-state index >= 15 is 0 Å². The smallest absolute Gasteiger partial charge is 0.124 e. The summed E-state index contributed by atoms with van der Waals surface area (Å²) in [5.74, 6) is 0.983. The van der Waals surface area contributed by atoms with E-state index in [1.807, 2.05) is 19.1 Å². The summed E-state index contributed by atoms with van der Waals surface area (Å²) < 4.78 is 11.5. The number of ether oxygens (including phenoxy) is 2. The Bertz CT molecular complexity index is 354. The van der Waals surface area contributed by atoms with Crippen molar-refractivity contribution >= 4 is 0 Å². The lowest BCUT2D eigenvalue weighted by Crippen LogP contribution is -2.41. The van der Waals surface area contributed by atoms with Gasteiger partial charge in [0.05, 0.1) is 6.04 Å². The van der Waals surface area contributed by atoms with E-state index in [4.69, 9.17) is 9.47 Å². The first-order valence-electron chi connectivity index (χ1n) is 6.43. The van der Waals surface area contributed by atoms with Gasteiger partial charge < -0.3 is 14.8 Å². The Hall–Kier alpha value is -1.06. The molecule has 3 heteroatoms. The third-order valence-electron chi connectivity index (χ3n) is 3.02. The zero-order valence-corrected chi connectivity index (χ0v) is 10.6. The first-order valence-corrected chi connectivity index (χ1v) is 6.43. The maximum absolute atomic E-state index is 5.76. The van der Waals surface area contributed by atoms with E-state index in [9.17, 15) is 0 Å². The van der Waals surface area contributed by atoms with Crippen molar-refractivity contribution in [2.45, 2.75) is 32.4 Å². The van der Waals surface area contributed by atoms with E-state index < -0.39 is 0 Å². The highest BCUT2D eigenvalue weighted by atomic mass is 16.5. The molecular weight excluding hydrogens is 214 g/mol.